The van der Waals surface area contributed by atoms with Gasteiger partial charge >= 0.3 is 5.69 Å². The molecule has 0 saturated carbocycles. The van der Waals surface area contributed by atoms with Crippen molar-refractivity contribution in [2.24, 2.45) is 0 Å². The van der Waals surface area contributed by atoms with Crippen LogP contribution in [0.1, 0.15) is 18.5 Å². The molecule has 7 nitrogen and oxygen atoms in total. The second-order valence-corrected chi connectivity index (χ2v) is 8.72. The molecule has 0 fully saturated rings. The third-order valence-corrected chi connectivity index (χ3v) is 5.30. The Labute approximate surface area is 165 Å². The van der Waals surface area contributed by atoms with E-state index in [1.165, 1.54) is 7.11 Å². The first-order valence-electron chi connectivity index (χ1n) is 8.72. The molecule has 0 aliphatic rings. The minimum atomic E-state index is -3.59. The van der Waals surface area contributed by atoms with Gasteiger partial charge < -0.3 is 14.5 Å². The second-order valence-electron chi connectivity index (χ2n) is 6.54. The number of halogens is 2. The lowest BCUT2D eigenvalue weighted by molar-refractivity contribution is 0.310. The number of H-pyrrole nitrogens is 1. The molecule has 1 aromatic heterocycles. The fourth-order valence-corrected chi connectivity index (χ4v) is 4.17. The van der Waals surface area contributed by atoms with Crippen LogP contribution in [0.5, 0.6) is 11.5 Å². The molecule has 3 rings (SSSR count). The number of imidazole rings is 1. The van der Waals surface area contributed by atoms with Crippen LogP contribution in [0.3, 0.4) is 0 Å². The van der Waals surface area contributed by atoms with Gasteiger partial charge in [0.25, 0.3) is 0 Å². The van der Waals surface area contributed by atoms with E-state index in [-0.39, 0.29) is 11.0 Å². The summed E-state index contributed by atoms with van der Waals surface area (Å²) in [6.45, 7) is 2.10. The maximum Gasteiger partial charge on any atom is 0.327 e. The van der Waals surface area contributed by atoms with Gasteiger partial charge in [0, 0.05) is 12.3 Å². The van der Waals surface area contributed by atoms with Crippen LogP contribution in [0.25, 0.3) is 11.0 Å². The van der Waals surface area contributed by atoms with Crippen molar-refractivity contribution >= 4 is 20.9 Å². The molecular formula is C19H20F2N2O5S. The maximum absolute atomic E-state index is 14.5. The first kappa shape index (κ1) is 20.8. The molecule has 0 aliphatic heterocycles. The summed E-state index contributed by atoms with van der Waals surface area (Å²) in [6.07, 6.45) is 1.02. The Hall–Kier alpha value is -2.88. The SMILES string of the molecule is CCOc1cc([C@H](CS(C)(=O)=O)n2c(=O)[nH]c3cc(F)cc(F)c32)ccc1OC. The third kappa shape index (κ3) is 4.26. The van der Waals surface area contributed by atoms with E-state index in [4.69, 9.17) is 9.47 Å². The predicted molar refractivity (Wildman–Crippen MR) is 104 cm³/mol. The number of methoxy groups -OCH3 is 1. The van der Waals surface area contributed by atoms with Gasteiger partial charge in [-0.25, -0.2) is 22.0 Å². The Morgan fingerprint density at radius 2 is 1.90 bits per heavy atom. The summed E-state index contributed by atoms with van der Waals surface area (Å²) in [5.41, 5.74) is -0.637. The summed E-state index contributed by atoms with van der Waals surface area (Å²) in [6, 6.07) is 5.24. The number of sulfone groups is 1. The number of ether oxygens (including phenoxy) is 2. The van der Waals surface area contributed by atoms with Crippen molar-refractivity contribution in [3.8, 4) is 11.5 Å². The zero-order valence-corrected chi connectivity index (χ0v) is 16.8. The highest BCUT2D eigenvalue weighted by Gasteiger charge is 2.26. The molecule has 1 atom stereocenters. The van der Waals surface area contributed by atoms with Crippen LogP contribution in [0.15, 0.2) is 35.1 Å². The molecule has 0 saturated heterocycles. The molecule has 10 heteroatoms. The topological polar surface area (TPSA) is 90.4 Å². The van der Waals surface area contributed by atoms with Gasteiger partial charge in [0.1, 0.15) is 21.2 Å². The van der Waals surface area contributed by atoms with Gasteiger partial charge in [0.05, 0.1) is 31.0 Å². The molecule has 0 bridgehead atoms. The Morgan fingerprint density at radius 3 is 2.52 bits per heavy atom. The second kappa shape index (κ2) is 7.86. The number of aromatic amines is 1. The lowest BCUT2D eigenvalue weighted by atomic mass is 10.1. The van der Waals surface area contributed by atoms with E-state index in [2.05, 4.69) is 4.98 Å². The van der Waals surface area contributed by atoms with E-state index in [0.29, 0.717) is 29.7 Å². The van der Waals surface area contributed by atoms with E-state index in [0.717, 1.165) is 16.9 Å². The summed E-state index contributed by atoms with van der Waals surface area (Å²) in [5, 5.41) is 0. The van der Waals surface area contributed by atoms with Gasteiger partial charge in [0.2, 0.25) is 0 Å². The van der Waals surface area contributed by atoms with Gasteiger partial charge in [-0.2, -0.15) is 0 Å². The normalized spacial score (nSPS) is 12.9. The van der Waals surface area contributed by atoms with Gasteiger partial charge in [-0.15, -0.1) is 0 Å². The van der Waals surface area contributed by atoms with E-state index in [1.54, 1.807) is 25.1 Å². The Kier molecular flexibility index (Phi) is 5.65. The first-order valence-corrected chi connectivity index (χ1v) is 10.8. The predicted octanol–water partition coefficient (Wildman–Crippen LogP) is 2.65. The van der Waals surface area contributed by atoms with Crippen molar-refractivity contribution < 1.29 is 26.7 Å². The molecule has 0 aliphatic carbocycles. The Balaban J connectivity index is 2.28. The summed E-state index contributed by atoms with van der Waals surface area (Å²) < 4.78 is 64.0. The molecule has 29 heavy (non-hydrogen) atoms. The summed E-state index contributed by atoms with van der Waals surface area (Å²) in [7, 11) is -2.13. The third-order valence-electron chi connectivity index (χ3n) is 4.37. The molecule has 0 unspecified atom stereocenters. The summed E-state index contributed by atoms with van der Waals surface area (Å²) in [4.78, 5) is 15.0. The van der Waals surface area contributed by atoms with Crippen LogP contribution in [-0.2, 0) is 9.84 Å². The lowest BCUT2D eigenvalue weighted by Gasteiger charge is -2.20. The van der Waals surface area contributed by atoms with Crippen LogP contribution >= 0.6 is 0 Å². The molecule has 1 heterocycles. The lowest BCUT2D eigenvalue weighted by Crippen LogP contribution is -2.28. The highest BCUT2D eigenvalue weighted by Crippen LogP contribution is 2.33. The standard InChI is InChI=1S/C19H20F2N2O5S/c1-4-28-17-7-11(5-6-16(17)27-2)15(10-29(3,25)26)23-18-13(21)8-12(20)9-14(18)22-19(23)24/h5-9,15H,4,10H2,1-3H3,(H,22,24)/t15-/m0/s1. The van der Waals surface area contributed by atoms with Crippen LogP contribution in [0.4, 0.5) is 8.78 Å². The van der Waals surface area contributed by atoms with Crippen molar-refractivity contribution in [1.29, 1.82) is 0 Å². The zero-order valence-electron chi connectivity index (χ0n) is 16.0. The van der Waals surface area contributed by atoms with Crippen LogP contribution in [0, 0.1) is 11.6 Å². The van der Waals surface area contributed by atoms with Crippen molar-refractivity contribution in [3.05, 3.63) is 58.0 Å². The smallest absolute Gasteiger partial charge is 0.327 e. The van der Waals surface area contributed by atoms with Crippen LogP contribution in [-0.4, -0.2) is 43.7 Å². The number of rotatable bonds is 7. The average Bonchev–Trinajstić information content (AvgIpc) is 2.95. The van der Waals surface area contributed by atoms with E-state index in [9.17, 15) is 22.0 Å². The minimum Gasteiger partial charge on any atom is -0.493 e. The Morgan fingerprint density at radius 1 is 1.17 bits per heavy atom. The van der Waals surface area contributed by atoms with Crippen molar-refractivity contribution in [2.45, 2.75) is 13.0 Å². The van der Waals surface area contributed by atoms with Crippen LogP contribution < -0.4 is 15.2 Å². The first-order chi connectivity index (χ1) is 13.6. The van der Waals surface area contributed by atoms with E-state index >= 15 is 0 Å². The molecule has 0 amide bonds. The number of nitrogens with zero attached hydrogens (tertiary/aromatic N) is 1. The van der Waals surface area contributed by atoms with Gasteiger partial charge in [-0.3, -0.25) is 4.57 Å². The monoisotopic (exact) mass is 426 g/mol. The molecule has 3 aromatic rings. The number of nitrogens with one attached hydrogen (secondary N) is 1. The van der Waals surface area contributed by atoms with Crippen molar-refractivity contribution in [2.75, 3.05) is 25.7 Å². The fourth-order valence-electron chi connectivity index (χ4n) is 3.26. The quantitative estimate of drug-likeness (QED) is 0.627. The number of aromatic nitrogens is 2. The van der Waals surface area contributed by atoms with Gasteiger partial charge in [-0.05, 0) is 30.7 Å². The average molecular weight is 426 g/mol. The molecule has 2 aromatic carbocycles. The number of benzene rings is 2. The zero-order chi connectivity index (χ0) is 21.3. The minimum absolute atomic E-state index is 0.0652. The number of fused-ring (bicyclic) bond motifs is 1. The number of hydrogen-bond acceptors (Lipinski definition) is 5. The summed E-state index contributed by atoms with van der Waals surface area (Å²) >= 11 is 0. The molecule has 0 radical (unpaired) electrons. The summed E-state index contributed by atoms with van der Waals surface area (Å²) in [5.74, 6) is -1.53. The highest BCUT2D eigenvalue weighted by atomic mass is 32.2. The van der Waals surface area contributed by atoms with E-state index in [1.807, 2.05) is 0 Å². The van der Waals surface area contributed by atoms with Gasteiger partial charge in [-0.1, -0.05) is 6.07 Å². The number of hydrogen-bond donors (Lipinski definition) is 1. The van der Waals surface area contributed by atoms with Crippen molar-refractivity contribution in [3.63, 3.8) is 0 Å². The highest BCUT2D eigenvalue weighted by molar-refractivity contribution is 7.90. The molecule has 1 N–H and O–H groups in total. The largest absolute Gasteiger partial charge is 0.493 e. The molecule has 0 spiro atoms. The van der Waals surface area contributed by atoms with E-state index < -0.39 is 39.0 Å². The molecular weight excluding hydrogens is 406 g/mol. The van der Waals surface area contributed by atoms with Crippen LogP contribution in [0.2, 0.25) is 0 Å². The molecule has 156 valence electrons. The Bertz CT molecular complexity index is 1220. The maximum atomic E-state index is 14.5. The van der Waals surface area contributed by atoms with Gasteiger partial charge in [0.15, 0.2) is 17.3 Å². The van der Waals surface area contributed by atoms with Crippen molar-refractivity contribution in [1.82, 2.24) is 9.55 Å². The fraction of sp³-hybridized carbons (Fsp3) is 0.316.